The largest absolute Gasteiger partial charge is 0.366 e. The third-order valence-electron chi connectivity index (χ3n) is 2.79. The minimum absolute atomic E-state index is 0.170. The molecule has 0 aliphatic rings. The second-order valence-electron chi connectivity index (χ2n) is 4.21. The van der Waals surface area contributed by atoms with E-state index in [9.17, 15) is 9.18 Å². The highest BCUT2D eigenvalue weighted by molar-refractivity contribution is 6.25. The van der Waals surface area contributed by atoms with E-state index in [1.807, 2.05) is 6.07 Å². The van der Waals surface area contributed by atoms with E-state index >= 15 is 0 Å². The van der Waals surface area contributed by atoms with E-state index < -0.39 is 11.7 Å². The van der Waals surface area contributed by atoms with Crippen LogP contribution in [0.25, 0.3) is 5.57 Å². The molecule has 0 heterocycles. The number of hydrogen-bond donors (Lipinski definition) is 2. The first-order chi connectivity index (χ1) is 9.58. The predicted octanol–water partition coefficient (Wildman–Crippen LogP) is 2.76. The van der Waals surface area contributed by atoms with E-state index in [4.69, 9.17) is 11.1 Å². The van der Waals surface area contributed by atoms with Crippen LogP contribution in [0, 0.1) is 11.2 Å². The Morgan fingerprint density at radius 1 is 1.00 bits per heavy atom. The first kappa shape index (κ1) is 13.7. The second-order valence-corrected chi connectivity index (χ2v) is 4.21. The van der Waals surface area contributed by atoms with Gasteiger partial charge in [0.1, 0.15) is 5.82 Å². The zero-order chi connectivity index (χ0) is 14.5. The van der Waals surface area contributed by atoms with Gasteiger partial charge in [-0.3, -0.25) is 4.79 Å². The number of benzene rings is 2. The Morgan fingerprint density at radius 3 is 2.15 bits per heavy atom. The van der Waals surface area contributed by atoms with Crippen molar-refractivity contribution in [3.63, 3.8) is 0 Å². The van der Waals surface area contributed by atoms with Crippen LogP contribution in [0.5, 0.6) is 0 Å². The Kier molecular flexibility index (Phi) is 4.05. The minimum atomic E-state index is -0.655. The molecule has 0 atom stereocenters. The zero-order valence-corrected chi connectivity index (χ0v) is 10.6. The van der Waals surface area contributed by atoms with Crippen molar-refractivity contribution in [1.82, 2.24) is 0 Å². The van der Waals surface area contributed by atoms with Crippen LogP contribution in [0.4, 0.5) is 4.39 Å². The van der Waals surface area contributed by atoms with Crippen molar-refractivity contribution >= 4 is 17.2 Å². The number of halogens is 1. The van der Waals surface area contributed by atoms with Crippen LogP contribution < -0.4 is 5.73 Å². The Bertz CT molecular complexity index is 661. The average Bonchev–Trinajstić information content (AvgIpc) is 2.46. The number of carbonyl (C=O) groups excluding carboxylic acids is 1. The van der Waals surface area contributed by atoms with Gasteiger partial charge in [-0.25, -0.2) is 4.39 Å². The summed E-state index contributed by atoms with van der Waals surface area (Å²) < 4.78 is 12.9. The topological polar surface area (TPSA) is 66.9 Å². The lowest BCUT2D eigenvalue weighted by molar-refractivity contribution is -0.112. The molecule has 2 rings (SSSR count). The molecule has 1 amide bonds. The van der Waals surface area contributed by atoms with Gasteiger partial charge in [0.15, 0.2) is 0 Å². The van der Waals surface area contributed by atoms with Crippen molar-refractivity contribution in [2.24, 2.45) is 5.73 Å². The Hall–Kier alpha value is -2.75. The Labute approximate surface area is 116 Å². The number of rotatable bonds is 4. The lowest BCUT2D eigenvalue weighted by Gasteiger charge is -2.05. The molecule has 2 aromatic carbocycles. The number of nitrogens with two attached hydrogens (primary N) is 1. The normalized spacial score (nSPS) is 11.2. The Balaban J connectivity index is 2.39. The summed E-state index contributed by atoms with van der Waals surface area (Å²) in [4.78, 5) is 11.5. The molecule has 3 nitrogen and oxygen atoms in total. The molecular formula is C16H13FN2O. The van der Waals surface area contributed by atoms with Gasteiger partial charge in [-0.05, 0) is 29.3 Å². The molecular weight excluding hydrogens is 255 g/mol. The SMILES string of the molecule is N=C(/C=C(\C(N)=O)c1ccc(F)cc1)c1ccccc1. The summed E-state index contributed by atoms with van der Waals surface area (Å²) in [5.41, 5.74) is 6.85. The van der Waals surface area contributed by atoms with E-state index in [1.165, 1.54) is 30.3 Å². The highest BCUT2D eigenvalue weighted by Gasteiger charge is 2.10. The molecule has 0 radical (unpaired) electrons. The van der Waals surface area contributed by atoms with Crippen LogP contribution in [0.15, 0.2) is 60.7 Å². The number of nitrogens with one attached hydrogen (secondary N) is 1. The molecule has 0 aromatic heterocycles. The maximum absolute atomic E-state index is 12.9. The van der Waals surface area contributed by atoms with Crippen molar-refractivity contribution in [3.8, 4) is 0 Å². The summed E-state index contributed by atoms with van der Waals surface area (Å²) in [5.74, 6) is -1.05. The predicted molar refractivity (Wildman–Crippen MR) is 76.8 cm³/mol. The summed E-state index contributed by atoms with van der Waals surface area (Å²) in [6, 6.07) is 14.4. The second kappa shape index (κ2) is 5.93. The molecule has 2 aromatic rings. The highest BCUT2D eigenvalue weighted by Crippen LogP contribution is 2.16. The van der Waals surface area contributed by atoms with Gasteiger partial charge in [-0.1, -0.05) is 42.5 Å². The average molecular weight is 268 g/mol. The number of hydrogen-bond acceptors (Lipinski definition) is 2. The number of amides is 1. The molecule has 100 valence electrons. The first-order valence-electron chi connectivity index (χ1n) is 5.99. The number of carbonyl (C=O) groups is 1. The Morgan fingerprint density at radius 2 is 1.60 bits per heavy atom. The monoisotopic (exact) mass is 268 g/mol. The molecule has 0 bridgehead atoms. The van der Waals surface area contributed by atoms with Crippen molar-refractivity contribution in [2.45, 2.75) is 0 Å². The molecule has 0 saturated heterocycles. The molecule has 0 fully saturated rings. The third kappa shape index (κ3) is 3.17. The summed E-state index contributed by atoms with van der Waals surface area (Å²) >= 11 is 0. The van der Waals surface area contributed by atoms with E-state index in [1.54, 1.807) is 24.3 Å². The van der Waals surface area contributed by atoms with Crippen LogP contribution >= 0.6 is 0 Å². The van der Waals surface area contributed by atoms with Gasteiger partial charge in [-0.2, -0.15) is 0 Å². The summed E-state index contributed by atoms with van der Waals surface area (Å²) in [7, 11) is 0. The van der Waals surface area contributed by atoms with E-state index in [-0.39, 0.29) is 11.3 Å². The minimum Gasteiger partial charge on any atom is -0.366 e. The zero-order valence-electron chi connectivity index (χ0n) is 10.6. The molecule has 20 heavy (non-hydrogen) atoms. The van der Waals surface area contributed by atoms with Crippen LogP contribution in [-0.4, -0.2) is 11.6 Å². The highest BCUT2D eigenvalue weighted by atomic mass is 19.1. The van der Waals surface area contributed by atoms with Crippen LogP contribution in [0.2, 0.25) is 0 Å². The molecule has 4 heteroatoms. The van der Waals surface area contributed by atoms with Crippen molar-refractivity contribution in [2.75, 3.05) is 0 Å². The molecule has 0 saturated carbocycles. The smallest absolute Gasteiger partial charge is 0.249 e. The number of primary amides is 1. The van der Waals surface area contributed by atoms with Crippen LogP contribution in [0.3, 0.4) is 0 Å². The molecule has 3 N–H and O–H groups in total. The number of allylic oxidation sites excluding steroid dienone is 1. The van der Waals surface area contributed by atoms with Gasteiger partial charge in [0.25, 0.3) is 0 Å². The third-order valence-corrected chi connectivity index (χ3v) is 2.79. The lowest BCUT2D eigenvalue weighted by Crippen LogP contribution is -2.14. The summed E-state index contributed by atoms with van der Waals surface area (Å²) in [6.45, 7) is 0. The lowest BCUT2D eigenvalue weighted by atomic mass is 10.0. The quantitative estimate of drug-likeness (QED) is 0.649. The molecule has 0 aliphatic carbocycles. The fourth-order valence-corrected chi connectivity index (χ4v) is 1.77. The standard InChI is InChI=1S/C16H13FN2O/c17-13-8-6-11(7-9-13)14(16(19)20)10-15(18)12-4-2-1-3-5-12/h1-10,18H,(H2,19,20)/b14-10-,18-15?. The maximum atomic E-state index is 12.9. The van der Waals surface area contributed by atoms with Gasteiger partial charge >= 0.3 is 0 Å². The van der Waals surface area contributed by atoms with Gasteiger partial charge in [0, 0.05) is 5.57 Å². The van der Waals surface area contributed by atoms with E-state index in [2.05, 4.69) is 0 Å². The van der Waals surface area contributed by atoms with Gasteiger partial charge in [-0.15, -0.1) is 0 Å². The first-order valence-corrected chi connectivity index (χ1v) is 5.99. The van der Waals surface area contributed by atoms with Gasteiger partial charge in [0.05, 0.1) is 5.71 Å². The molecule has 0 unspecified atom stereocenters. The maximum Gasteiger partial charge on any atom is 0.249 e. The molecule has 0 aliphatic heterocycles. The fraction of sp³-hybridized carbons (Fsp3) is 0. The van der Waals surface area contributed by atoms with E-state index in [0.717, 1.165) is 0 Å². The van der Waals surface area contributed by atoms with Crippen molar-refractivity contribution < 1.29 is 9.18 Å². The van der Waals surface area contributed by atoms with Crippen molar-refractivity contribution in [1.29, 1.82) is 5.41 Å². The molecule has 0 spiro atoms. The van der Waals surface area contributed by atoms with Crippen LogP contribution in [0.1, 0.15) is 11.1 Å². The fourth-order valence-electron chi connectivity index (χ4n) is 1.77. The van der Waals surface area contributed by atoms with E-state index in [0.29, 0.717) is 11.1 Å². The van der Waals surface area contributed by atoms with Crippen LogP contribution in [-0.2, 0) is 4.79 Å². The van der Waals surface area contributed by atoms with Gasteiger partial charge < -0.3 is 11.1 Å². The summed E-state index contributed by atoms with van der Waals surface area (Å²) in [5, 5.41) is 7.99. The summed E-state index contributed by atoms with van der Waals surface area (Å²) in [6.07, 6.45) is 1.39. The van der Waals surface area contributed by atoms with Crippen molar-refractivity contribution in [3.05, 3.63) is 77.6 Å². The van der Waals surface area contributed by atoms with Gasteiger partial charge in [0.2, 0.25) is 5.91 Å².